The van der Waals surface area contributed by atoms with Gasteiger partial charge in [0.05, 0.1) is 11.6 Å². The molecule has 1 aromatic carbocycles. The van der Waals surface area contributed by atoms with Crippen LogP contribution in [0.2, 0.25) is 5.15 Å². The van der Waals surface area contributed by atoms with Gasteiger partial charge in [-0.2, -0.15) is 5.10 Å². The molecule has 2 aromatic heterocycles. The van der Waals surface area contributed by atoms with Crippen LogP contribution in [0.3, 0.4) is 0 Å². The van der Waals surface area contributed by atoms with Gasteiger partial charge in [-0.15, -0.1) is 0 Å². The van der Waals surface area contributed by atoms with E-state index in [0.29, 0.717) is 21.9 Å². The normalized spacial score (nSPS) is 10.9. The van der Waals surface area contributed by atoms with Crippen molar-refractivity contribution in [2.75, 3.05) is 0 Å². The second-order valence-corrected chi connectivity index (χ2v) is 3.77. The van der Waals surface area contributed by atoms with E-state index >= 15 is 0 Å². The first kappa shape index (κ1) is 10.2. The van der Waals surface area contributed by atoms with Gasteiger partial charge in [-0.05, 0) is 12.1 Å². The molecule has 0 fully saturated rings. The first-order valence-corrected chi connectivity index (χ1v) is 5.24. The second kappa shape index (κ2) is 3.78. The summed E-state index contributed by atoms with van der Waals surface area (Å²) in [6, 6.07) is 6.34. The predicted octanol–water partition coefficient (Wildman–Crippen LogP) is 2.61. The number of benzene rings is 1. The Morgan fingerprint density at radius 1 is 1.18 bits per heavy atom. The molecule has 0 saturated heterocycles. The van der Waals surface area contributed by atoms with Crippen molar-refractivity contribution in [2.45, 2.75) is 0 Å². The third-order valence-corrected chi connectivity index (χ3v) is 2.70. The Hall–Kier alpha value is -2.01. The third-order valence-electron chi connectivity index (χ3n) is 2.40. The molecule has 0 atom stereocenters. The molecule has 4 nitrogen and oxygen atoms in total. The highest BCUT2D eigenvalue weighted by Gasteiger charge is 2.11. The summed E-state index contributed by atoms with van der Waals surface area (Å²) in [5, 5.41) is 4.98. The second-order valence-electron chi connectivity index (χ2n) is 3.41. The topological polar surface area (TPSA) is 43.6 Å². The van der Waals surface area contributed by atoms with Gasteiger partial charge in [-0.3, -0.25) is 0 Å². The van der Waals surface area contributed by atoms with E-state index in [-0.39, 0.29) is 5.82 Å². The minimum absolute atomic E-state index is 0.303. The van der Waals surface area contributed by atoms with E-state index in [1.807, 2.05) is 0 Å². The zero-order chi connectivity index (χ0) is 11.8. The molecule has 0 unspecified atom stereocenters. The number of rotatable bonds is 1. The van der Waals surface area contributed by atoms with E-state index in [2.05, 4.69) is 15.1 Å². The molecule has 0 bridgehead atoms. The van der Waals surface area contributed by atoms with Gasteiger partial charge in [0, 0.05) is 0 Å². The van der Waals surface area contributed by atoms with Crippen molar-refractivity contribution < 1.29 is 4.39 Å². The van der Waals surface area contributed by atoms with Gasteiger partial charge < -0.3 is 0 Å². The molecule has 3 aromatic rings. The van der Waals surface area contributed by atoms with E-state index in [0.717, 1.165) is 0 Å². The van der Waals surface area contributed by atoms with Crippen LogP contribution >= 0.6 is 11.6 Å². The molecule has 0 aliphatic heterocycles. The van der Waals surface area contributed by atoms with Crippen LogP contribution < -0.4 is 0 Å². The average Bonchev–Trinajstić information content (AvgIpc) is 2.75. The fraction of sp³-hybridized carbons (Fsp3) is 0. The standard InChI is InChI=1S/C11H6ClFN4/c12-10-7-5-16-17(11(7)15-6-14-10)9-4-2-1-3-8(9)13/h1-6H. The minimum Gasteiger partial charge on any atom is -0.224 e. The van der Waals surface area contributed by atoms with Crippen LogP contribution in [-0.4, -0.2) is 19.7 Å². The van der Waals surface area contributed by atoms with Crippen molar-refractivity contribution in [1.29, 1.82) is 0 Å². The highest BCUT2D eigenvalue weighted by Crippen LogP contribution is 2.22. The van der Waals surface area contributed by atoms with Crippen LogP contribution in [0.4, 0.5) is 4.39 Å². The quantitative estimate of drug-likeness (QED) is 0.622. The summed E-state index contributed by atoms with van der Waals surface area (Å²) in [7, 11) is 0. The minimum atomic E-state index is -0.368. The first-order chi connectivity index (χ1) is 8.27. The molecule has 2 heterocycles. The monoisotopic (exact) mass is 248 g/mol. The fourth-order valence-corrected chi connectivity index (χ4v) is 1.79. The SMILES string of the molecule is Fc1ccccc1-n1ncc2c(Cl)ncnc21. The first-order valence-electron chi connectivity index (χ1n) is 4.86. The molecule has 0 saturated carbocycles. The summed E-state index contributed by atoms with van der Waals surface area (Å²) in [5.41, 5.74) is 0.812. The van der Waals surface area contributed by atoms with Crippen LogP contribution in [0.15, 0.2) is 36.8 Å². The predicted molar refractivity (Wildman–Crippen MR) is 61.6 cm³/mol. The molecule has 0 amide bonds. The lowest BCUT2D eigenvalue weighted by Crippen LogP contribution is -2.00. The van der Waals surface area contributed by atoms with Gasteiger partial charge in [-0.25, -0.2) is 19.0 Å². The zero-order valence-electron chi connectivity index (χ0n) is 8.51. The Bertz CT molecular complexity index is 695. The number of halogens is 2. The van der Waals surface area contributed by atoms with E-state index in [1.165, 1.54) is 23.3 Å². The Kier molecular flexibility index (Phi) is 2.26. The Morgan fingerprint density at radius 3 is 2.82 bits per heavy atom. The summed E-state index contributed by atoms with van der Waals surface area (Å²) in [5.74, 6) is -0.368. The van der Waals surface area contributed by atoms with Crippen molar-refractivity contribution in [1.82, 2.24) is 19.7 Å². The Balaban J connectivity index is 2.33. The number of hydrogen-bond acceptors (Lipinski definition) is 3. The van der Waals surface area contributed by atoms with Gasteiger partial charge in [0.25, 0.3) is 0 Å². The summed E-state index contributed by atoms with van der Waals surface area (Å²) in [4.78, 5) is 7.90. The molecule has 84 valence electrons. The van der Waals surface area contributed by atoms with Crippen LogP contribution in [0, 0.1) is 5.82 Å². The van der Waals surface area contributed by atoms with Crippen molar-refractivity contribution in [3.63, 3.8) is 0 Å². The van der Waals surface area contributed by atoms with Crippen LogP contribution in [0.1, 0.15) is 0 Å². The number of fused-ring (bicyclic) bond motifs is 1. The number of aromatic nitrogens is 4. The van der Waals surface area contributed by atoms with Gasteiger partial charge in [-0.1, -0.05) is 23.7 Å². The lowest BCUT2D eigenvalue weighted by Gasteiger charge is -2.03. The van der Waals surface area contributed by atoms with E-state index in [1.54, 1.807) is 18.2 Å². The highest BCUT2D eigenvalue weighted by molar-refractivity contribution is 6.33. The van der Waals surface area contributed by atoms with Crippen LogP contribution in [-0.2, 0) is 0 Å². The smallest absolute Gasteiger partial charge is 0.167 e. The van der Waals surface area contributed by atoms with E-state index < -0.39 is 0 Å². The molecule has 0 radical (unpaired) electrons. The molecule has 17 heavy (non-hydrogen) atoms. The fourth-order valence-electron chi connectivity index (χ4n) is 1.62. The van der Waals surface area contributed by atoms with Crippen molar-refractivity contribution in [3.8, 4) is 5.69 Å². The van der Waals surface area contributed by atoms with E-state index in [9.17, 15) is 4.39 Å². The molecule has 0 N–H and O–H groups in total. The molecule has 6 heteroatoms. The molecule has 0 spiro atoms. The summed E-state index contributed by atoms with van der Waals surface area (Å²) in [6.45, 7) is 0. The summed E-state index contributed by atoms with van der Waals surface area (Å²) in [6.07, 6.45) is 2.84. The Morgan fingerprint density at radius 2 is 2.00 bits per heavy atom. The molecular formula is C11H6ClFN4. The number of nitrogens with zero attached hydrogens (tertiary/aromatic N) is 4. The lowest BCUT2D eigenvalue weighted by atomic mass is 10.3. The maximum atomic E-state index is 13.6. The number of hydrogen-bond donors (Lipinski definition) is 0. The van der Waals surface area contributed by atoms with Crippen LogP contribution in [0.25, 0.3) is 16.7 Å². The van der Waals surface area contributed by atoms with Gasteiger partial charge in [0.15, 0.2) is 5.65 Å². The average molecular weight is 249 g/mol. The molecule has 3 rings (SSSR count). The highest BCUT2D eigenvalue weighted by atomic mass is 35.5. The van der Waals surface area contributed by atoms with Gasteiger partial charge in [0.2, 0.25) is 0 Å². The maximum absolute atomic E-state index is 13.6. The molecule has 0 aliphatic carbocycles. The number of para-hydroxylation sites is 1. The van der Waals surface area contributed by atoms with Crippen molar-refractivity contribution >= 4 is 22.6 Å². The third kappa shape index (κ3) is 1.55. The van der Waals surface area contributed by atoms with Gasteiger partial charge >= 0.3 is 0 Å². The van der Waals surface area contributed by atoms with Gasteiger partial charge in [0.1, 0.15) is 23.0 Å². The van der Waals surface area contributed by atoms with E-state index in [4.69, 9.17) is 11.6 Å². The van der Waals surface area contributed by atoms with Crippen LogP contribution in [0.5, 0.6) is 0 Å². The van der Waals surface area contributed by atoms with Crippen molar-refractivity contribution in [2.24, 2.45) is 0 Å². The Labute approximate surface area is 101 Å². The summed E-state index contributed by atoms with van der Waals surface area (Å²) < 4.78 is 15.0. The van der Waals surface area contributed by atoms with Crippen molar-refractivity contribution in [3.05, 3.63) is 47.8 Å². The summed E-state index contributed by atoms with van der Waals surface area (Å²) >= 11 is 5.90. The maximum Gasteiger partial charge on any atom is 0.167 e. The molecule has 0 aliphatic rings. The molecular weight excluding hydrogens is 243 g/mol. The largest absolute Gasteiger partial charge is 0.224 e. The zero-order valence-corrected chi connectivity index (χ0v) is 9.26. The lowest BCUT2D eigenvalue weighted by molar-refractivity contribution is 0.612.